The highest BCUT2D eigenvalue weighted by molar-refractivity contribution is 5.25. The second-order valence-electron chi connectivity index (χ2n) is 4.10. The standard InChI is InChI=1S/C13H19NO3/c1-11-12(5-4-7-14-11)15-9-10-17-13-6-2-3-8-16-13/h4-5,7,13H,2-3,6,8-10H2,1H3/t13-/m0/s1. The van der Waals surface area contributed by atoms with Gasteiger partial charge in [-0.3, -0.25) is 4.98 Å². The molecule has 0 aromatic carbocycles. The first-order valence-corrected chi connectivity index (χ1v) is 6.14. The molecule has 1 saturated heterocycles. The Labute approximate surface area is 102 Å². The molecule has 0 N–H and O–H groups in total. The van der Waals surface area contributed by atoms with Gasteiger partial charge in [0.25, 0.3) is 0 Å². The third-order valence-corrected chi connectivity index (χ3v) is 2.74. The number of hydrogen-bond acceptors (Lipinski definition) is 4. The molecule has 0 radical (unpaired) electrons. The molecule has 1 fully saturated rings. The molecule has 1 aliphatic heterocycles. The van der Waals surface area contributed by atoms with E-state index in [2.05, 4.69) is 4.98 Å². The fourth-order valence-electron chi connectivity index (χ4n) is 1.80. The highest BCUT2D eigenvalue weighted by Gasteiger charge is 2.13. The van der Waals surface area contributed by atoms with Crippen molar-refractivity contribution in [3.05, 3.63) is 24.0 Å². The van der Waals surface area contributed by atoms with Gasteiger partial charge < -0.3 is 14.2 Å². The van der Waals surface area contributed by atoms with E-state index < -0.39 is 0 Å². The maximum atomic E-state index is 5.58. The van der Waals surface area contributed by atoms with Crippen molar-refractivity contribution in [2.45, 2.75) is 32.5 Å². The number of ether oxygens (including phenoxy) is 3. The van der Waals surface area contributed by atoms with Crippen LogP contribution in [0.2, 0.25) is 0 Å². The van der Waals surface area contributed by atoms with Crippen LogP contribution in [0.4, 0.5) is 0 Å². The van der Waals surface area contributed by atoms with E-state index in [0.29, 0.717) is 13.2 Å². The van der Waals surface area contributed by atoms with E-state index in [4.69, 9.17) is 14.2 Å². The summed E-state index contributed by atoms with van der Waals surface area (Å²) in [5.41, 5.74) is 0.904. The van der Waals surface area contributed by atoms with Gasteiger partial charge in [0.2, 0.25) is 0 Å². The first kappa shape index (κ1) is 12.3. The van der Waals surface area contributed by atoms with Gasteiger partial charge in [-0.1, -0.05) is 0 Å². The first-order valence-electron chi connectivity index (χ1n) is 6.14. The molecule has 0 saturated carbocycles. The second-order valence-corrected chi connectivity index (χ2v) is 4.10. The zero-order chi connectivity index (χ0) is 11.9. The van der Waals surface area contributed by atoms with Crippen LogP contribution in [0.15, 0.2) is 18.3 Å². The summed E-state index contributed by atoms with van der Waals surface area (Å²) in [4.78, 5) is 4.16. The summed E-state index contributed by atoms with van der Waals surface area (Å²) in [6, 6.07) is 3.78. The molecule has 0 unspecified atom stereocenters. The SMILES string of the molecule is Cc1ncccc1OCCO[C@H]1CCCCO1. The molecule has 1 aromatic heterocycles. The Bertz CT molecular complexity index is 337. The van der Waals surface area contributed by atoms with Crippen molar-refractivity contribution in [1.29, 1.82) is 0 Å². The van der Waals surface area contributed by atoms with Crippen LogP contribution >= 0.6 is 0 Å². The van der Waals surface area contributed by atoms with Gasteiger partial charge in [0, 0.05) is 12.8 Å². The first-order chi connectivity index (χ1) is 8.36. The number of aromatic nitrogens is 1. The van der Waals surface area contributed by atoms with E-state index in [1.54, 1.807) is 6.20 Å². The van der Waals surface area contributed by atoms with Crippen LogP contribution in [0.25, 0.3) is 0 Å². The van der Waals surface area contributed by atoms with Crippen molar-refractivity contribution in [1.82, 2.24) is 4.98 Å². The van der Waals surface area contributed by atoms with Gasteiger partial charge in [-0.2, -0.15) is 0 Å². The topological polar surface area (TPSA) is 40.6 Å². The van der Waals surface area contributed by atoms with Gasteiger partial charge in [-0.05, 0) is 38.3 Å². The monoisotopic (exact) mass is 237 g/mol. The Morgan fingerprint density at radius 1 is 1.41 bits per heavy atom. The fourth-order valence-corrected chi connectivity index (χ4v) is 1.80. The molecule has 0 amide bonds. The molecule has 0 bridgehead atoms. The molecule has 0 spiro atoms. The molecule has 2 heterocycles. The van der Waals surface area contributed by atoms with Crippen LogP contribution in [0.1, 0.15) is 25.0 Å². The number of aryl methyl sites for hydroxylation is 1. The molecule has 94 valence electrons. The third kappa shape index (κ3) is 3.98. The zero-order valence-corrected chi connectivity index (χ0v) is 10.2. The van der Waals surface area contributed by atoms with Crippen LogP contribution in [-0.2, 0) is 9.47 Å². The van der Waals surface area contributed by atoms with Crippen molar-refractivity contribution in [2.24, 2.45) is 0 Å². The van der Waals surface area contributed by atoms with Gasteiger partial charge in [-0.15, -0.1) is 0 Å². The molecule has 4 heteroatoms. The lowest BCUT2D eigenvalue weighted by Crippen LogP contribution is -2.24. The second kappa shape index (κ2) is 6.57. The predicted octanol–water partition coefficient (Wildman–Crippen LogP) is 2.31. The fraction of sp³-hybridized carbons (Fsp3) is 0.615. The third-order valence-electron chi connectivity index (χ3n) is 2.74. The van der Waals surface area contributed by atoms with Gasteiger partial charge in [0.15, 0.2) is 6.29 Å². The van der Waals surface area contributed by atoms with E-state index in [1.165, 1.54) is 6.42 Å². The number of nitrogens with zero attached hydrogens (tertiary/aromatic N) is 1. The normalized spacial score (nSPS) is 20.2. The molecule has 1 atom stereocenters. The molecule has 1 aliphatic rings. The molecule has 17 heavy (non-hydrogen) atoms. The molecular weight excluding hydrogens is 218 g/mol. The summed E-state index contributed by atoms with van der Waals surface area (Å²) < 4.78 is 16.6. The molecular formula is C13H19NO3. The maximum absolute atomic E-state index is 5.58. The Hall–Kier alpha value is -1.13. The van der Waals surface area contributed by atoms with Crippen LogP contribution in [-0.4, -0.2) is 31.1 Å². The molecule has 2 rings (SSSR count). The Balaban J connectivity index is 1.64. The summed E-state index contributed by atoms with van der Waals surface area (Å²) in [6.45, 7) is 3.83. The number of hydrogen-bond donors (Lipinski definition) is 0. The highest BCUT2D eigenvalue weighted by Crippen LogP contribution is 2.15. The van der Waals surface area contributed by atoms with E-state index in [9.17, 15) is 0 Å². The lowest BCUT2D eigenvalue weighted by Gasteiger charge is -2.22. The summed E-state index contributed by atoms with van der Waals surface area (Å²) in [5, 5.41) is 0. The lowest BCUT2D eigenvalue weighted by molar-refractivity contribution is -0.165. The van der Waals surface area contributed by atoms with Crippen molar-refractivity contribution in [3.63, 3.8) is 0 Å². The predicted molar refractivity (Wildman–Crippen MR) is 64.0 cm³/mol. The van der Waals surface area contributed by atoms with Crippen molar-refractivity contribution in [2.75, 3.05) is 19.8 Å². The van der Waals surface area contributed by atoms with Gasteiger partial charge in [0.05, 0.1) is 12.3 Å². The van der Waals surface area contributed by atoms with Crippen LogP contribution < -0.4 is 4.74 Å². The van der Waals surface area contributed by atoms with Crippen molar-refractivity contribution >= 4 is 0 Å². The van der Waals surface area contributed by atoms with Crippen LogP contribution in [0.3, 0.4) is 0 Å². The molecule has 1 aromatic rings. The summed E-state index contributed by atoms with van der Waals surface area (Å²) in [7, 11) is 0. The average Bonchev–Trinajstić information content (AvgIpc) is 2.38. The zero-order valence-electron chi connectivity index (χ0n) is 10.2. The Morgan fingerprint density at radius 3 is 3.12 bits per heavy atom. The van der Waals surface area contributed by atoms with E-state index in [0.717, 1.165) is 30.9 Å². The summed E-state index contributed by atoms with van der Waals surface area (Å²) in [5.74, 6) is 0.820. The number of pyridine rings is 1. The molecule has 4 nitrogen and oxygen atoms in total. The van der Waals surface area contributed by atoms with Gasteiger partial charge in [0.1, 0.15) is 12.4 Å². The largest absolute Gasteiger partial charge is 0.489 e. The number of rotatable bonds is 5. The minimum absolute atomic E-state index is 0.0395. The van der Waals surface area contributed by atoms with Crippen LogP contribution in [0.5, 0.6) is 5.75 Å². The van der Waals surface area contributed by atoms with E-state index in [1.807, 2.05) is 19.1 Å². The van der Waals surface area contributed by atoms with Crippen molar-refractivity contribution < 1.29 is 14.2 Å². The quantitative estimate of drug-likeness (QED) is 0.737. The maximum Gasteiger partial charge on any atom is 0.157 e. The Morgan fingerprint density at radius 2 is 2.35 bits per heavy atom. The highest BCUT2D eigenvalue weighted by atomic mass is 16.7. The van der Waals surface area contributed by atoms with E-state index >= 15 is 0 Å². The van der Waals surface area contributed by atoms with Gasteiger partial charge >= 0.3 is 0 Å². The van der Waals surface area contributed by atoms with Crippen molar-refractivity contribution in [3.8, 4) is 5.75 Å². The smallest absolute Gasteiger partial charge is 0.157 e. The van der Waals surface area contributed by atoms with Crippen LogP contribution in [0, 0.1) is 6.92 Å². The molecule has 0 aliphatic carbocycles. The Kier molecular flexibility index (Phi) is 4.76. The summed E-state index contributed by atoms with van der Waals surface area (Å²) >= 11 is 0. The van der Waals surface area contributed by atoms with Gasteiger partial charge in [-0.25, -0.2) is 0 Å². The lowest BCUT2D eigenvalue weighted by atomic mass is 10.2. The van der Waals surface area contributed by atoms with E-state index in [-0.39, 0.29) is 6.29 Å². The average molecular weight is 237 g/mol. The summed E-state index contributed by atoms with van der Waals surface area (Å²) in [6.07, 6.45) is 5.04. The minimum Gasteiger partial charge on any atom is -0.489 e. The minimum atomic E-state index is -0.0395.